The minimum atomic E-state index is -2.79. The molecular formula is C15H14BrF2NO6S. The highest BCUT2D eigenvalue weighted by Crippen LogP contribution is 2.48. The van der Waals surface area contributed by atoms with Gasteiger partial charge in [-0.15, -0.1) is 0 Å². The molecule has 0 amide bonds. The van der Waals surface area contributed by atoms with Gasteiger partial charge in [0.05, 0.1) is 10.4 Å². The molecule has 0 saturated carbocycles. The fourth-order valence-electron chi connectivity index (χ4n) is 2.14. The highest BCUT2D eigenvalue weighted by molar-refractivity contribution is 9.09. The van der Waals surface area contributed by atoms with Gasteiger partial charge in [0.25, 0.3) is 0 Å². The summed E-state index contributed by atoms with van der Waals surface area (Å²) in [7, 11) is -2.79. The van der Waals surface area contributed by atoms with E-state index < -0.39 is 39.1 Å². The highest BCUT2D eigenvalue weighted by Gasteiger charge is 2.29. The normalized spacial score (nSPS) is 12.3. The molecule has 0 bridgehead atoms. The van der Waals surface area contributed by atoms with E-state index in [0.717, 1.165) is 19.1 Å². The van der Waals surface area contributed by atoms with Gasteiger partial charge in [0.2, 0.25) is 22.4 Å². The van der Waals surface area contributed by atoms with Crippen molar-refractivity contribution in [3.8, 4) is 22.8 Å². The zero-order chi connectivity index (χ0) is 19.4. The fraction of sp³-hybridized carbons (Fsp3) is 0.267. The van der Waals surface area contributed by atoms with E-state index in [1.165, 1.54) is 0 Å². The van der Waals surface area contributed by atoms with Crippen molar-refractivity contribution in [1.82, 2.24) is 4.72 Å². The first-order chi connectivity index (χ1) is 12.2. The zero-order valence-corrected chi connectivity index (χ0v) is 15.8. The molecule has 1 heterocycles. The molecule has 1 atom stereocenters. The highest BCUT2D eigenvalue weighted by atomic mass is 79.9. The summed E-state index contributed by atoms with van der Waals surface area (Å²) in [6.45, 7) is 1.14. The van der Waals surface area contributed by atoms with Crippen molar-refractivity contribution in [3.05, 3.63) is 35.6 Å². The number of carbonyl (C=O) groups is 1. The number of furan rings is 1. The topological polar surface area (TPSA) is 106 Å². The third kappa shape index (κ3) is 4.80. The second kappa shape index (κ2) is 8.60. The smallest absolute Gasteiger partial charge is 0.308 e. The lowest BCUT2D eigenvalue weighted by Crippen LogP contribution is -2.14. The molecule has 0 saturated heterocycles. The Labute approximate surface area is 157 Å². The van der Waals surface area contributed by atoms with Crippen LogP contribution in [0.5, 0.6) is 11.5 Å². The Morgan fingerprint density at radius 3 is 2.69 bits per heavy atom. The van der Waals surface area contributed by atoms with Crippen LogP contribution in [0.2, 0.25) is 0 Å². The summed E-state index contributed by atoms with van der Waals surface area (Å²) in [5.41, 5.74) is -0.232. The number of alkyl halides is 1. The molecule has 0 spiro atoms. The van der Waals surface area contributed by atoms with Crippen LogP contribution in [0.1, 0.15) is 23.9 Å². The first-order valence-corrected chi connectivity index (χ1v) is 9.31. The summed E-state index contributed by atoms with van der Waals surface area (Å²) in [6, 6.07) is 2.66. The van der Waals surface area contributed by atoms with Gasteiger partial charge >= 0.3 is 5.97 Å². The average Bonchev–Trinajstić information content (AvgIpc) is 2.84. The predicted octanol–water partition coefficient (Wildman–Crippen LogP) is 2.80. The van der Waals surface area contributed by atoms with Crippen molar-refractivity contribution in [2.75, 3.05) is 6.54 Å². The summed E-state index contributed by atoms with van der Waals surface area (Å²) in [6.07, 6.45) is 0.176. The lowest BCUT2D eigenvalue weighted by Gasteiger charge is -2.08. The van der Waals surface area contributed by atoms with E-state index in [1.807, 2.05) is 0 Å². The lowest BCUT2D eigenvalue weighted by atomic mass is 10.1. The number of nitrogens with one attached hydrogen (secondary N) is 1. The van der Waals surface area contributed by atoms with Crippen molar-refractivity contribution in [2.45, 2.75) is 18.2 Å². The maximum absolute atomic E-state index is 14.0. The zero-order valence-electron chi connectivity index (χ0n) is 13.3. The second-order valence-corrected chi connectivity index (χ2v) is 7.05. The molecule has 2 rings (SSSR count). The Balaban J connectivity index is 2.45. The summed E-state index contributed by atoms with van der Waals surface area (Å²) in [5, 5.41) is 10.3. The molecule has 7 nitrogen and oxygen atoms in total. The summed E-state index contributed by atoms with van der Waals surface area (Å²) < 4.78 is 60.8. The molecule has 1 aromatic heterocycles. The van der Waals surface area contributed by atoms with Crippen molar-refractivity contribution in [2.24, 2.45) is 0 Å². The molecule has 0 aliphatic heterocycles. The molecule has 26 heavy (non-hydrogen) atoms. The molecule has 0 fully saturated rings. The number of halogens is 3. The van der Waals surface area contributed by atoms with Gasteiger partial charge in [-0.1, -0.05) is 15.9 Å². The Morgan fingerprint density at radius 1 is 1.42 bits per heavy atom. The van der Waals surface area contributed by atoms with Crippen molar-refractivity contribution < 1.29 is 36.3 Å². The number of ether oxygens (including phenoxy) is 1. The molecule has 11 heteroatoms. The van der Waals surface area contributed by atoms with Gasteiger partial charge in [-0.3, -0.25) is 4.79 Å². The number of carbonyl (C=O) groups excluding carboxylic acids is 1. The predicted molar refractivity (Wildman–Crippen MR) is 91.6 cm³/mol. The van der Waals surface area contributed by atoms with Crippen LogP contribution in [0.15, 0.2) is 22.6 Å². The molecule has 2 aromatic rings. The second-order valence-electron chi connectivity index (χ2n) is 5.11. The quantitative estimate of drug-likeness (QED) is 0.338. The van der Waals surface area contributed by atoms with Crippen LogP contribution in [0, 0.1) is 11.6 Å². The van der Waals surface area contributed by atoms with Gasteiger partial charge in [0.1, 0.15) is 11.6 Å². The molecule has 1 aromatic carbocycles. The van der Waals surface area contributed by atoms with Gasteiger partial charge < -0.3 is 14.3 Å². The van der Waals surface area contributed by atoms with Gasteiger partial charge in [0.15, 0.2) is 11.5 Å². The Hall–Kier alpha value is -1.98. The number of rotatable bonds is 7. The SMILES string of the molecule is CC(=O)Oc1c(C(Br)CCN[SH](=O)=O)oc(-c2ccc(F)cc2F)c1O. The first kappa shape index (κ1) is 20.3. The van der Waals surface area contributed by atoms with E-state index in [9.17, 15) is 27.1 Å². The van der Waals surface area contributed by atoms with E-state index >= 15 is 0 Å². The monoisotopic (exact) mass is 453 g/mol. The number of esters is 1. The maximum atomic E-state index is 14.0. The molecule has 1 unspecified atom stereocenters. The minimum absolute atomic E-state index is 0.0375. The van der Waals surface area contributed by atoms with Crippen LogP contribution in [0.3, 0.4) is 0 Å². The van der Waals surface area contributed by atoms with Crippen LogP contribution >= 0.6 is 15.9 Å². The number of aromatic hydroxyl groups is 1. The van der Waals surface area contributed by atoms with Crippen LogP contribution in [0.25, 0.3) is 11.3 Å². The van der Waals surface area contributed by atoms with Crippen molar-refractivity contribution in [1.29, 1.82) is 0 Å². The van der Waals surface area contributed by atoms with Crippen molar-refractivity contribution in [3.63, 3.8) is 0 Å². The largest absolute Gasteiger partial charge is 0.502 e. The van der Waals surface area contributed by atoms with Crippen LogP contribution in [0.4, 0.5) is 8.78 Å². The van der Waals surface area contributed by atoms with E-state index in [4.69, 9.17) is 9.15 Å². The fourth-order valence-corrected chi connectivity index (χ4v) is 2.98. The van der Waals surface area contributed by atoms with E-state index in [0.29, 0.717) is 6.07 Å². The molecule has 142 valence electrons. The Morgan fingerprint density at radius 2 is 2.12 bits per heavy atom. The number of hydrogen-bond donors (Lipinski definition) is 3. The van der Waals surface area contributed by atoms with Crippen LogP contribution < -0.4 is 9.46 Å². The standard InChI is InChI=1S/C15H14BrF2NO6S/c1-7(20)24-15-12(21)13(9-3-2-8(17)6-11(9)18)25-14(15)10(16)4-5-19-26(22)23/h2-3,6,10,21,26H,4-5H2,1H3,(H,19,22,23). The number of thiol groups is 1. The van der Waals surface area contributed by atoms with Gasteiger partial charge in [-0.05, 0) is 18.6 Å². The summed E-state index contributed by atoms with van der Waals surface area (Å²) >= 11 is 3.24. The molecule has 0 aliphatic carbocycles. The molecule has 0 radical (unpaired) electrons. The number of benzene rings is 1. The van der Waals surface area contributed by atoms with E-state index in [2.05, 4.69) is 20.7 Å². The van der Waals surface area contributed by atoms with Crippen molar-refractivity contribution >= 4 is 32.8 Å². The summed E-state index contributed by atoms with van der Waals surface area (Å²) in [5.74, 6) is -3.90. The van der Waals surface area contributed by atoms with E-state index in [1.54, 1.807) is 0 Å². The maximum Gasteiger partial charge on any atom is 0.308 e. The average molecular weight is 454 g/mol. The first-order valence-electron chi connectivity index (χ1n) is 7.22. The minimum Gasteiger partial charge on any atom is -0.502 e. The Bertz CT molecular complexity index is 891. The third-order valence-corrected chi connectivity index (χ3v) is 4.57. The Kier molecular flexibility index (Phi) is 6.73. The molecular weight excluding hydrogens is 440 g/mol. The molecule has 0 aliphatic rings. The molecule has 2 N–H and O–H groups in total. The van der Waals surface area contributed by atoms with E-state index in [-0.39, 0.29) is 35.8 Å². The van der Waals surface area contributed by atoms with Gasteiger partial charge in [-0.2, -0.15) is 0 Å². The third-order valence-electron chi connectivity index (χ3n) is 3.21. The number of hydrogen-bond acceptors (Lipinski definition) is 6. The van der Waals surface area contributed by atoms with Gasteiger partial charge in [-0.25, -0.2) is 21.9 Å². The van der Waals surface area contributed by atoms with Crippen LogP contribution in [-0.2, 0) is 15.7 Å². The summed E-state index contributed by atoms with van der Waals surface area (Å²) in [4.78, 5) is 10.6. The lowest BCUT2D eigenvalue weighted by molar-refractivity contribution is -0.132. The van der Waals surface area contributed by atoms with Gasteiger partial charge in [0, 0.05) is 19.5 Å². The van der Waals surface area contributed by atoms with Crippen LogP contribution in [-0.4, -0.2) is 26.0 Å².